The Balaban J connectivity index is 2.99. The Bertz CT molecular complexity index is 901. The molecule has 0 aliphatic carbocycles. The molecule has 0 saturated heterocycles. The van der Waals surface area contributed by atoms with Crippen molar-refractivity contribution in [2.24, 2.45) is 5.92 Å². The van der Waals surface area contributed by atoms with Crippen molar-refractivity contribution in [2.45, 2.75) is 52.0 Å². The zero-order valence-corrected chi connectivity index (χ0v) is 18.6. The number of carbonyl (C=O) groups is 2. The predicted octanol–water partition coefficient (Wildman–Crippen LogP) is 2.24. The summed E-state index contributed by atoms with van der Waals surface area (Å²) in [5.74, 6) is -1.56. The summed E-state index contributed by atoms with van der Waals surface area (Å²) in [7, 11) is -3.73. The summed E-state index contributed by atoms with van der Waals surface area (Å²) >= 11 is 0. The van der Waals surface area contributed by atoms with Gasteiger partial charge in [-0.25, -0.2) is 13.2 Å². The fraction of sp³-hybridized carbons (Fsp3) is 0.550. The minimum absolute atomic E-state index is 0.0138. The zero-order chi connectivity index (χ0) is 22.4. The Kier molecular flexibility index (Phi) is 8.36. The highest BCUT2D eigenvalue weighted by Gasteiger charge is 2.30. The van der Waals surface area contributed by atoms with E-state index >= 15 is 0 Å². The maximum absolute atomic E-state index is 12.7. The Morgan fingerprint density at radius 1 is 1.28 bits per heavy atom. The van der Waals surface area contributed by atoms with Gasteiger partial charge in [0.2, 0.25) is 10.0 Å². The summed E-state index contributed by atoms with van der Waals surface area (Å²) in [6.45, 7) is 10.3. The number of carbonyl (C=O) groups excluding carboxylic acids is 2. The van der Waals surface area contributed by atoms with E-state index < -0.39 is 34.0 Å². The van der Waals surface area contributed by atoms with E-state index in [2.05, 4.69) is 5.32 Å². The summed E-state index contributed by atoms with van der Waals surface area (Å²) in [4.78, 5) is 24.5. The number of rotatable bonds is 9. The monoisotopic (exact) mass is 423 g/mol. The van der Waals surface area contributed by atoms with Crippen molar-refractivity contribution in [3.8, 4) is 6.07 Å². The van der Waals surface area contributed by atoms with E-state index in [1.54, 1.807) is 41.5 Å². The lowest BCUT2D eigenvalue weighted by Crippen LogP contribution is -2.50. The molecule has 1 rings (SSSR count). The molecule has 1 aromatic rings. The van der Waals surface area contributed by atoms with Gasteiger partial charge in [0.15, 0.2) is 6.61 Å². The van der Waals surface area contributed by atoms with E-state index in [0.717, 1.165) is 0 Å². The van der Waals surface area contributed by atoms with Gasteiger partial charge in [0, 0.05) is 13.1 Å². The molecule has 1 N–H and O–H groups in total. The van der Waals surface area contributed by atoms with Crippen LogP contribution in [0.3, 0.4) is 0 Å². The highest BCUT2D eigenvalue weighted by atomic mass is 32.2. The molecule has 29 heavy (non-hydrogen) atoms. The minimum Gasteiger partial charge on any atom is -0.452 e. The molecule has 0 aliphatic rings. The average Bonchev–Trinajstić information content (AvgIpc) is 2.66. The highest BCUT2D eigenvalue weighted by Crippen LogP contribution is 2.20. The van der Waals surface area contributed by atoms with E-state index in [1.165, 1.54) is 22.5 Å². The average molecular weight is 424 g/mol. The van der Waals surface area contributed by atoms with Crippen molar-refractivity contribution in [2.75, 3.05) is 19.7 Å². The van der Waals surface area contributed by atoms with Gasteiger partial charge in [-0.05, 0) is 37.5 Å². The van der Waals surface area contributed by atoms with Gasteiger partial charge in [-0.2, -0.15) is 9.57 Å². The molecule has 0 saturated carbocycles. The summed E-state index contributed by atoms with van der Waals surface area (Å²) < 4.78 is 31.7. The first-order valence-electron chi connectivity index (χ1n) is 9.43. The molecular formula is C20H29N3O5S. The molecule has 9 heteroatoms. The van der Waals surface area contributed by atoms with Crippen molar-refractivity contribution < 1.29 is 22.7 Å². The maximum Gasteiger partial charge on any atom is 0.338 e. The number of nitrogens with zero attached hydrogens (tertiary/aromatic N) is 2. The fourth-order valence-electron chi connectivity index (χ4n) is 2.53. The predicted molar refractivity (Wildman–Crippen MR) is 109 cm³/mol. The second-order valence-electron chi connectivity index (χ2n) is 7.16. The molecule has 0 heterocycles. The van der Waals surface area contributed by atoms with Crippen LogP contribution in [0, 0.1) is 24.2 Å². The number of benzene rings is 1. The second-order valence-corrected chi connectivity index (χ2v) is 9.10. The number of hydrogen-bond acceptors (Lipinski definition) is 6. The maximum atomic E-state index is 12.7. The van der Waals surface area contributed by atoms with Gasteiger partial charge in [0.25, 0.3) is 5.91 Å². The number of hydrogen-bond donors (Lipinski definition) is 1. The summed E-state index contributed by atoms with van der Waals surface area (Å²) in [6, 6.07) is 6.26. The number of nitrogens with one attached hydrogen (secondary N) is 1. The fourth-order valence-corrected chi connectivity index (χ4v) is 4.01. The van der Waals surface area contributed by atoms with Crippen LogP contribution < -0.4 is 5.32 Å². The Morgan fingerprint density at radius 2 is 1.86 bits per heavy atom. The topological polar surface area (TPSA) is 117 Å². The van der Waals surface area contributed by atoms with Crippen LogP contribution in [0.4, 0.5) is 0 Å². The van der Waals surface area contributed by atoms with E-state index in [1.807, 2.05) is 6.07 Å². The summed E-state index contributed by atoms with van der Waals surface area (Å²) in [6.07, 6.45) is 0. The van der Waals surface area contributed by atoms with Crippen LogP contribution >= 0.6 is 0 Å². The number of sulfonamides is 1. The highest BCUT2D eigenvalue weighted by molar-refractivity contribution is 7.89. The van der Waals surface area contributed by atoms with E-state index in [4.69, 9.17) is 4.74 Å². The normalized spacial score (nSPS) is 13.6. The van der Waals surface area contributed by atoms with E-state index in [9.17, 15) is 23.3 Å². The third-order valence-corrected chi connectivity index (χ3v) is 6.94. The SMILES string of the molecule is CCN(CC)S(=O)(=O)c1ccc(C)c(C(=O)OCC(=O)N[C@](C)(C#N)C(C)C)c1. The van der Waals surface area contributed by atoms with Crippen LogP contribution in [0.15, 0.2) is 23.1 Å². The molecular weight excluding hydrogens is 394 g/mol. The first-order chi connectivity index (χ1) is 13.4. The van der Waals surface area contributed by atoms with Crippen LogP contribution in [-0.2, 0) is 19.6 Å². The van der Waals surface area contributed by atoms with Gasteiger partial charge in [-0.1, -0.05) is 33.8 Å². The van der Waals surface area contributed by atoms with Gasteiger partial charge in [-0.15, -0.1) is 0 Å². The molecule has 160 valence electrons. The van der Waals surface area contributed by atoms with Gasteiger partial charge < -0.3 is 10.1 Å². The van der Waals surface area contributed by atoms with Crippen molar-refractivity contribution >= 4 is 21.9 Å². The van der Waals surface area contributed by atoms with Crippen LogP contribution in [0.1, 0.15) is 50.5 Å². The third-order valence-electron chi connectivity index (χ3n) is 4.89. The Hall–Kier alpha value is -2.44. The van der Waals surface area contributed by atoms with E-state index in [-0.39, 0.29) is 16.4 Å². The lowest BCUT2D eigenvalue weighted by molar-refractivity contribution is -0.125. The van der Waals surface area contributed by atoms with Crippen molar-refractivity contribution in [3.05, 3.63) is 29.3 Å². The smallest absolute Gasteiger partial charge is 0.338 e. The Labute approximate surface area is 172 Å². The summed E-state index contributed by atoms with van der Waals surface area (Å²) in [5.41, 5.74) is -0.493. The largest absolute Gasteiger partial charge is 0.452 e. The number of aryl methyl sites for hydroxylation is 1. The third kappa shape index (κ3) is 5.78. The van der Waals surface area contributed by atoms with Gasteiger partial charge >= 0.3 is 5.97 Å². The van der Waals surface area contributed by atoms with Gasteiger partial charge in [-0.3, -0.25) is 4.79 Å². The number of amides is 1. The van der Waals surface area contributed by atoms with E-state index in [0.29, 0.717) is 18.7 Å². The summed E-state index contributed by atoms with van der Waals surface area (Å²) in [5, 5.41) is 11.8. The molecule has 0 fully saturated rings. The molecule has 0 aromatic heterocycles. The molecule has 1 aromatic carbocycles. The molecule has 1 amide bonds. The molecule has 1 atom stereocenters. The lowest BCUT2D eigenvalue weighted by Gasteiger charge is -2.27. The molecule has 0 bridgehead atoms. The lowest BCUT2D eigenvalue weighted by atomic mass is 9.90. The molecule has 8 nitrogen and oxygen atoms in total. The van der Waals surface area contributed by atoms with Crippen molar-refractivity contribution in [1.82, 2.24) is 9.62 Å². The van der Waals surface area contributed by atoms with Gasteiger partial charge in [0.1, 0.15) is 5.54 Å². The zero-order valence-electron chi connectivity index (χ0n) is 17.8. The van der Waals surface area contributed by atoms with Crippen LogP contribution in [0.2, 0.25) is 0 Å². The minimum atomic E-state index is -3.73. The van der Waals surface area contributed by atoms with Crippen LogP contribution in [0.5, 0.6) is 0 Å². The molecule has 0 aliphatic heterocycles. The molecule has 0 unspecified atom stereocenters. The second kappa shape index (κ2) is 9.85. The number of nitriles is 1. The first kappa shape index (κ1) is 24.6. The molecule has 0 radical (unpaired) electrons. The Morgan fingerprint density at radius 3 is 2.34 bits per heavy atom. The number of ether oxygens (including phenoxy) is 1. The van der Waals surface area contributed by atoms with Crippen molar-refractivity contribution in [3.63, 3.8) is 0 Å². The van der Waals surface area contributed by atoms with Crippen LogP contribution in [-0.4, -0.2) is 49.8 Å². The standard InChI is InChI=1S/C20H29N3O5S/c1-7-23(8-2)29(26,27)16-10-9-15(5)17(11-16)19(25)28-12-18(24)22-20(6,13-21)14(3)4/h9-11,14H,7-8,12H2,1-6H3,(H,22,24)/t20-/m1/s1. The van der Waals surface area contributed by atoms with Crippen molar-refractivity contribution in [1.29, 1.82) is 5.26 Å². The quantitative estimate of drug-likeness (QED) is 0.609. The molecule has 0 spiro atoms. The number of esters is 1. The van der Waals surface area contributed by atoms with Crippen LogP contribution in [0.25, 0.3) is 0 Å². The first-order valence-corrected chi connectivity index (χ1v) is 10.9. The van der Waals surface area contributed by atoms with Gasteiger partial charge in [0.05, 0.1) is 16.5 Å².